The molecule has 2 aromatic carbocycles. The Balaban J connectivity index is 1.83. The molecule has 206 valence electrons. The first-order chi connectivity index (χ1) is 18.0. The number of nitrogens with zero attached hydrogens (tertiary/aromatic N) is 2. The van der Waals surface area contributed by atoms with Gasteiger partial charge in [-0.15, -0.1) is 0 Å². The monoisotopic (exact) mass is 527 g/mol. The smallest absolute Gasteiger partial charge is 0.323 e. The van der Waals surface area contributed by atoms with Crippen LogP contribution in [0, 0.1) is 12.8 Å². The minimum absolute atomic E-state index is 0.0302. The number of anilines is 2. The van der Waals surface area contributed by atoms with Gasteiger partial charge in [0.15, 0.2) is 0 Å². The molecular formula is C27H37N5O6. The van der Waals surface area contributed by atoms with Gasteiger partial charge in [0, 0.05) is 45.8 Å². The van der Waals surface area contributed by atoms with Gasteiger partial charge in [0.2, 0.25) is 5.91 Å². The van der Waals surface area contributed by atoms with Crippen LogP contribution in [-0.4, -0.2) is 79.7 Å². The number of carboxylic acid groups (broad SMARTS) is 1. The first kappa shape index (κ1) is 29.9. The Morgan fingerprint density at radius 1 is 0.974 bits per heavy atom. The maximum Gasteiger partial charge on any atom is 0.323 e. The SMILES string of the molecule is COc1cc(CCC(=O)N(C)CCN(C)C(=O)NCC(C)C(=O)O)ccc1NC(=O)Nc1ccccc1C. The number of ether oxygens (including phenoxy) is 1. The van der Waals surface area contributed by atoms with Gasteiger partial charge in [-0.25, -0.2) is 9.59 Å². The first-order valence-corrected chi connectivity index (χ1v) is 12.3. The molecule has 0 radical (unpaired) electrons. The lowest BCUT2D eigenvalue weighted by molar-refractivity contribution is -0.140. The summed E-state index contributed by atoms with van der Waals surface area (Å²) in [6.45, 7) is 4.08. The van der Waals surface area contributed by atoms with Gasteiger partial charge in [0.05, 0.1) is 18.7 Å². The van der Waals surface area contributed by atoms with Crippen molar-refractivity contribution in [3.05, 3.63) is 53.6 Å². The molecular weight excluding hydrogens is 490 g/mol. The predicted molar refractivity (Wildman–Crippen MR) is 146 cm³/mol. The lowest BCUT2D eigenvalue weighted by Gasteiger charge is -2.23. The van der Waals surface area contributed by atoms with E-state index in [1.807, 2.05) is 37.3 Å². The Kier molecular flexibility index (Phi) is 11.4. The van der Waals surface area contributed by atoms with Crippen molar-refractivity contribution in [2.24, 2.45) is 5.92 Å². The summed E-state index contributed by atoms with van der Waals surface area (Å²) in [4.78, 5) is 51.0. The molecule has 2 aromatic rings. The zero-order valence-corrected chi connectivity index (χ0v) is 22.5. The molecule has 0 aliphatic heterocycles. The van der Waals surface area contributed by atoms with E-state index < -0.39 is 23.9 Å². The molecule has 0 bridgehead atoms. The van der Waals surface area contributed by atoms with Gasteiger partial charge < -0.3 is 35.6 Å². The largest absolute Gasteiger partial charge is 0.495 e. The van der Waals surface area contributed by atoms with Crippen molar-refractivity contribution in [3.8, 4) is 5.75 Å². The fourth-order valence-corrected chi connectivity index (χ4v) is 3.41. The number of aryl methyl sites for hydroxylation is 2. The second-order valence-electron chi connectivity index (χ2n) is 9.09. The van der Waals surface area contributed by atoms with E-state index >= 15 is 0 Å². The third kappa shape index (κ3) is 9.30. The van der Waals surface area contributed by atoms with E-state index in [2.05, 4.69) is 16.0 Å². The number of nitrogens with one attached hydrogen (secondary N) is 3. The Bertz CT molecular complexity index is 1140. The standard InChI is InChI=1S/C27H37N5O6/c1-18-8-6-7-9-21(18)29-26(36)30-22-12-10-20(16-23(22)38-5)11-13-24(33)31(3)14-15-32(4)27(37)28-17-19(2)25(34)35/h6-10,12,16,19H,11,13-15,17H2,1-5H3,(H,28,37)(H,34,35)(H2,29,30,36). The minimum atomic E-state index is -0.981. The fourth-order valence-electron chi connectivity index (χ4n) is 3.41. The quantitative estimate of drug-likeness (QED) is 0.334. The Morgan fingerprint density at radius 3 is 2.29 bits per heavy atom. The molecule has 0 aliphatic rings. The summed E-state index contributed by atoms with van der Waals surface area (Å²) in [5, 5.41) is 17.1. The highest BCUT2D eigenvalue weighted by atomic mass is 16.5. The van der Waals surface area contributed by atoms with Gasteiger partial charge in [-0.2, -0.15) is 0 Å². The van der Waals surface area contributed by atoms with Crippen molar-refractivity contribution in [1.82, 2.24) is 15.1 Å². The Hall–Kier alpha value is -4.28. The third-order valence-electron chi connectivity index (χ3n) is 6.06. The number of urea groups is 2. The Morgan fingerprint density at radius 2 is 1.63 bits per heavy atom. The highest BCUT2D eigenvalue weighted by Gasteiger charge is 2.16. The van der Waals surface area contributed by atoms with Crippen LogP contribution in [0.15, 0.2) is 42.5 Å². The van der Waals surface area contributed by atoms with E-state index in [1.165, 1.54) is 18.9 Å². The second kappa shape index (κ2) is 14.5. The summed E-state index contributed by atoms with van der Waals surface area (Å²) in [6.07, 6.45) is 0.727. The second-order valence-corrected chi connectivity index (χ2v) is 9.09. The Labute approximate surface area is 223 Å². The van der Waals surface area contributed by atoms with Crippen LogP contribution in [0.4, 0.5) is 21.0 Å². The van der Waals surface area contributed by atoms with Crippen LogP contribution < -0.4 is 20.7 Å². The van der Waals surface area contributed by atoms with E-state index in [0.29, 0.717) is 36.6 Å². The molecule has 2 rings (SSSR count). The minimum Gasteiger partial charge on any atom is -0.495 e. The highest BCUT2D eigenvalue weighted by molar-refractivity contribution is 6.01. The van der Waals surface area contributed by atoms with Gasteiger partial charge in [0.1, 0.15) is 5.75 Å². The van der Waals surface area contributed by atoms with Crippen LogP contribution in [0.2, 0.25) is 0 Å². The summed E-state index contributed by atoms with van der Waals surface area (Å²) >= 11 is 0. The fraction of sp³-hybridized carbons (Fsp3) is 0.407. The molecule has 0 saturated heterocycles. The lowest BCUT2D eigenvalue weighted by Crippen LogP contribution is -2.43. The molecule has 11 nitrogen and oxygen atoms in total. The van der Waals surface area contributed by atoms with E-state index in [1.54, 1.807) is 31.1 Å². The van der Waals surface area contributed by atoms with Crippen molar-refractivity contribution in [3.63, 3.8) is 0 Å². The zero-order valence-electron chi connectivity index (χ0n) is 22.5. The molecule has 0 aliphatic carbocycles. The summed E-state index contributed by atoms with van der Waals surface area (Å²) < 4.78 is 5.44. The van der Waals surface area contributed by atoms with Crippen molar-refractivity contribution in [1.29, 1.82) is 0 Å². The molecule has 11 heteroatoms. The third-order valence-corrected chi connectivity index (χ3v) is 6.06. The molecule has 1 atom stereocenters. The normalized spacial score (nSPS) is 11.2. The number of carboxylic acids is 1. The van der Waals surface area contributed by atoms with Gasteiger partial charge >= 0.3 is 18.0 Å². The van der Waals surface area contributed by atoms with Crippen LogP contribution in [0.5, 0.6) is 5.75 Å². The van der Waals surface area contributed by atoms with E-state index in [4.69, 9.17) is 9.84 Å². The topological polar surface area (TPSA) is 140 Å². The van der Waals surface area contributed by atoms with Gasteiger partial charge in [-0.05, 0) is 42.7 Å². The molecule has 0 saturated carbocycles. The van der Waals surface area contributed by atoms with Crippen LogP contribution in [0.1, 0.15) is 24.5 Å². The zero-order chi connectivity index (χ0) is 28.2. The molecule has 4 N–H and O–H groups in total. The predicted octanol–water partition coefficient (Wildman–Crippen LogP) is 3.40. The number of carbonyl (C=O) groups is 4. The van der Waals surface area contributed by atoms with Gasteiger partial charge in [-0.3, -0.25) is 9.59 Å². The maximum absolute atomic E-state index is 12.6. The number of para-hydroxylation sites is 1. The number of methoxy groups -OCH3 is 1. The number of rotatable bonds is 12. The first-order valence-electron chi connectivity index (χ1n) is 12.3. The highest BCUT2D eigenvalue weighted by Crippen LogP contribution is 2.26. The number of benzene rings is 2. The number of hydrogen-bond acceptors (Lipinski definition) is 5. The van der Waals surface area contributed by atoms with Gasteiger partial charge in [-0.1, -0.05) is 31.2 Å². The number of amides is 5. The molecule has 0 heterocycles. The number of likely N-dealkylation sites (N-methyl/N-ethyl adjacent to an activating group) is 2. The average molecular weight is 528 g/mol. The van der Waals surface area contributed by atoms with Crippen molar-refractivity contribution >= 4 is 35.3 Å². The van der Waals surface area contributed by atoms with Crippen LogP contribution in [0.3, 0.4) is 0 Å². The van der Waals surface area contributed by atoms with Crippen molar-refractivity contribution in [2.75, 3.05) is 51.5 Å². The summed E-state index contributed by atoms with van der Waals surface area (Å²) in [5.74, 6) is -1.27. The molecule has 0 aromatic heterocycles. The molecule has 38 heavy (non-hydrogen) atoms. The van der Waals surface area contributed by atoms with Crippen molar-refractivity contribution < 1.29 is 29.0 Å². The number of carbonyl (C=O) groups excluding carboxylic acids is 3. The average Bonchev–Trinajstić information content (AvgIpc) is 2.90. The molecule has 0 fully saturated rings. The van der Waals surface area contributed by atoms with E-state index in [0.717, 1.165) is 11.1 Å². The summed E-state index contributed by atoms with van der Waals surface area (Å²) in [5.41, 5.74) is 3.03. The van der Waals surface area contributed by atoms with E-state index in [-0.39, 0.29) is 18.9 Å². The van der Waals surface area contributed by atoms with Crippen LogP contribution in [0.25, 0.3) is 0 Å². The number of hydrogen-bond donors (Lipinski definition) is 4. The number of aliphatic carboxylic acids is 1. The van der Waals surface area contributed by atoms with Gasteiger partial charge in [0.25, 0.3) is 0 Å². The maximum atomic E-state index is 12.6. The van der Waals surface area contributed by atoms with E-state index in [9.17, 15) is 19.2 Å². The molecule has 0 spiro atoms. The van der Waals surface area contributed by atoms with Crippen LogP contribution in [-0.2, 0) is 16.0 Å². The van der Waals surface area contributed by atoms with Crippen molar-refractivity contribution in [2.45, 2.75) is 26.7 Å². The summed E-state index contributed by atoms with van der Waals surface area (Å²) in [7, 11) is 4.76. The summed E-state index contributed by atoms with van der Waals surface area (Å²) in [6, 6.07) is 12.0. The molecule has 5 amide bonds. The van der Waals surface area contributed by atoms with Crippen LogP contribution >= 0.6 is 0 Å². The lowest BCUT2D eigenvalue weighted by atomic mass is 10.1. The molecule has 1 unspecified atom stereocenters.